The van der Waals surface area contributed by atoms with Gasteiger partial charge in [0.2, 0.25) is 0 Å². The number of nitrogens with zero attached hydrogens (tertiary/aromatic N) is 2. The van der Waals surface area contributed by atoms with Crippen molar-refractivity contribution >= 4 is 11.8 Å². The highest BCUT2D eigenvalue weighted by Crippen LogP contribution is 2.09. The summed E-state index contributed by atoms with van der Waals surface area (Å²) in [7, 11) is 0. The van der Waals surface area contributed by atoms with Crippen molar-refractivity contribution < 1.29 is 9.53 Å². The molecule has 1 aromatic rings. The van der Waals surface area contributed by atoms with E-state index in [2.05, 4.69) is 15.3 Å². The largest absolute Gasteiger partial charge is 0.444 e. The van der Waals surface area contributed by atoms with Crippen LogP contribution < -0.4 is 5.32 Å². The molecule has 1 heterocycles. The van der Waals surface area contributed by atoms with Crippen molar-refractivity contribution in [3.8, 4) is 0 Å². The van der Waals surface area contributed by atoms with Gasteiger partial charge >= 0.3 is 6.09 Å². The van der Waals surface area contributed by atoms with Crippen LogP contribution >= 0.6 is 0 Å². The SMILES string of the molecule is Cc1ncc(NC(=O)OC(C)(C)C)cn1. The Balaban J connectivity index is 2.55. The lowest BCUT2D eigenvalue weighted by atomic mass is 10.2. The molecule has 1 aromatic heterocycles. The number of carbonyl (C=O) groups is 1. The monoisotopic (exact) mass is 209 g/mol. The maximum absolute atomic E-state index is 11.3. The number of aromatic nitrogens is 2. The predicted molar refractivity (Wildman–Crippen MR) is 56.6 cm³/mol. The summed E-state index contributed by atoms with van der Waals surface area (Å²) in [6.07, 6.45) is 2.56. The van der Waals surface area contributed by atoms with Gasteiger partial charge in [0.1, 0.15) is 11.4 Å². The summed E-state index contributed by atoms with van der Waals surface area (Å²) in [5, 5.41) is 2.54. The zero-order chi connectivity index (χ0) is 11.5. The van der Waals surface area contributed by atoms with Gasteiger partial charge in [0.15, 0.2) is 0 Å². The van der Waals surface area contributed by atoms with E-state index in [4.69, 9.17) is 4.74 Å². The third-order valence-electron chi connectivity index (χ3n) is 1.43. The molecule has 0 unspecified atom stereocenters. The van der Waals surface area contributed by atoms with Crippen LogP contribution in [0.4, 0.5) is 10.5 Å². The summed E-state index contributed by atoms with van der Waals surface area (Å²) in [5.74, 6) is 0.657. The Kier molecular flexibility index (Phi) is 3.24. The molecule has 82 valence electrons. The van der Waals surface area contributed by atoms with Crippen molar-refractivity contribution in [3.05, 3.63) is 18.2 Å². The molecule has 1 rings (SSSR count). The highest BCUT2D eigenvalue weighted by atomic mass is 16.6. The molecule has 0 spiro atoms. The fraction of sp³-hybridized carbons (Fsp3) is 0.500. The third kappa shape index (κ3) is 4.39. The molecule has 0 radical (unpaired) electrons. The minimum Gasteiger partial charge on any atom is -0.444 e. The Bertz CT molecular complexity index is 341. The molecule has 5 nitrogen and oxygen atoms in total. The molecule has 0 atom stereocenters. The lowest BCUT2D eigenvalue weighted by Crippen LogP contribution is -2.27. The van der Waals surface area contributed by atoms with Gasteiger partial charge in [-0.05, 0) is 27.7 Å². The minimum absolute atomic E-state index is 0.504. The molecule has 0 fully saturated rings. The van der Waals surface area contributed by atoms with E-state index in [1.807, 2.05) is 0 Å². The van der Waals surface area contributed by atoms with Gasteiger partial charge in [-0.25, -0.2) is 14.8 Å². The molecular weight excluding hydrogens is 194 g/mol. The lowest BCUT2D eigenvalue weighted by Gasteiger charge is -2.19. The molecule has 1 N–H and O–H groups in total. The molecule has 0 aromatic carbocycles. The summed E-state index contributed by atoms with van der Waals surface area (Å²) in [6, 6.07) is 0. The Morgan fingerprint density at radius 2 is 1.87 bits per heavy atom. The van der Waals surface area contributed by atoms with Crippen molar-refractivity contribution in [3.63, 3.8) is 0 Å². The summed E-state index contributed by atoms with van der Waals surface area (Å²) in [4.78, 5) is 19.2. The van der Waals surface area contributed by atoms with Crippen molar-refractivity contribution in [2.75, 3.05) is 5.32 Å². The first-order chi connectivity index (χ1) is 6.87. The second-order valence-electron chi connectivity index (χ2n) is 4.15. The molecule has 0 aliphatic rings. The Hall–Kier alpha value is -1.65. The molecule has 0 saturated heterocycles. The summed E-state index contributed by atoms with van der Waals surface area (Å²) in [6.45, 7) is 7.19. The van der Waals surface area contributed by atoms with Crippen molar-refractivity contribution in [2.24, 2.45) is 0 Å². The van der Waals surface area contributed by atoms with Crippen molar-refractivity contribution in [2.45, 2.75) is 33.3 Å². The highest BCUT2D eigenvalue weighted by molar-refractivity contribution is 5.84. The standard InChI is InChI=1S/C10H15N3O2/c1-7-11-5-8(6-12-7)13-9(14)15-10(2,3)4/h5-6H,1-4H3,(H,13,14). The average molecular weight is 209 g/mol. The fourth-order valence-electron chi connectivity index (χ4n) is 0.879. The van der Waals surface area contributed by atoms with E-state index >= 15 is 0 Å². The maximum atomic E-state index is 11.3. The number of ether oxygens (including phenoxy) is 1. The summed E-state index contributed by atoms with van der Waals surface area (Å²) >= 11 is 0. The first-order valence-electron chi connectivity index (χ1n) is 4.65. The highest BCUT2D eigenvalue weighted by Gasteiger charge is 2.16. The van der Waals surface area contributed by atoms with Crippen LogP contribution in [0.1, 0.15) is 26.6 Å². The first kappa shape index (κ1) is 11.4. The van der Waals surface area contributed by atoms with E-state index in [0.29, 0.717) is 11.5 Å². The predicted octanol–water partition coefficient (Wildman–Crippen LogP) is 2.13. The van der Waals surface area contributed by atoms with Gasteiger partial charge in [0.25, 0.3) is 0 Å². The van der Waals surface area contributed by atoms with E-state index in [0.717, 1.165) is 0 Å². The van der Waals surface area contributed by atoms with E-state index in [-0.39, 0.29) is 0 Å². The zero-order valence-electron chi connectivity index (χ0n) is 9.37. The zero-order valence-corrected chi connectivity index (χ0v) is 9.37. The van der Waals surface area contributed by atoms with Crippen LogP contribution in [0.2, 0.25) is 0 Å². The Morgan fingerprint density at radius 1 is 1.33 bits per heavy atom. The molecule has 0 bridgehead atoms. The number of carbonyl (C=O) groups excluding carboxylic acids is 1. The number of rotatable bonds is 1. The molecular formula is C10H15N3O2. The van der Waals surface area contributed by atoms with Crippen LogP contribution in [0.3, 0.4) is 0 Å². The molecule has 0 saturated carbocycles. The Labute approximate surface area is 88.9 Å². The summed E-state index contributed by atoms with van der Waals surface area (Å²) < 4.78 is 5.07. The maximum Gasteiger partial charge on any atom is 0.412 e. The van der Waals surface area contributed by atoms with Gasteiger partial charge in [-0.15, -0.1) is 0 Å². The quantitative estimate of drug-likeness (QED) is 0.769. The summed E-state index contributed by atoms with van der Waals surface area (Å²) in [5.41, 5.74) is 0.0187. The van der Waals surface area contributed by atoms with Crippen molar-refractivity contribution in [1.82, 2.24) is 9.97 Å². The van der Waals surface area contributed by atoms with Crippen LogP contribution in [0.25, 0.3) is 0 Å². The first-order valence-corrected chi connectivity index (χ1v) is 4.65. The number of anilines is 1. The molecule has 1 amide bonds. The van der Waals surface area contributed by atoms with E-state index in [1.54, 1.807) is 27.7 Å². The van der Waals surface area contributed by atoms with Crippen LogP contribution in [-0.4, -0.2) is 21.7 Å². The average Bonchev–Trinajstić information content (AvgIpc) is 2.05. The van der Waals surface area contributed by atoms with E-state index in [1.165, 1.54) is 12.4 Å². The van der Waals surface area contributed by atoms with E-state index < -0.39 is 11.7 Å². The van der Waals surface area contributed by atoms with Gasteiger partial charge in [-0.1, -0.05) is 0 Å². The number of aryl methyl sites for hydroxylation is 1. The van der Waals surface area contributed by atoms with Gasteiger partial charge in [0.05, 0.1) is 18.1 Å². The van der Waals surface area contributed by atoms with E-state index in [9.17, 15) is 4.79 Å². The molecule has 0 aliphatic carbocycles. The van der Waals surface area contributed by atoms with Crippen LogP contribution in [0.5, 0.6) is 0 Å². The third-order valence-corrected chi connectivity index (χ3v) is 1.43. The van der Waals surface area contributed by atoms with Gasteiger partial charge < -0.3 is 4.74 Å². The second kappa shape index (κ2) is 4.25. The second-order valence-corrected chi connectivity index (χ2v) is 4.15. The number of hydrogen-bond acceptors (Lipinski definition) is 4. The smallest absolute Gasteiger partial charge is 0.412 e. The van der Waals surface area contributed by atoms with Crippen LogP contribution in [0.15, 0.2) is 12.4 Å². The number of hydrogen-bond donors (Lipinski definition) is 1. The van der Waals surface area contributed by atoms with Gasteiger partial charge in [-0.3, -0.25) is 5.32 Å². The van der Waals surface area contributed by atoms with Crippen LogP contribution in [-0.2, 0) is 4.74 Å². The Morgan fingerprint density at radius 3 is 2.33 bits per heavy atom. The molecule has 0 aliphatic heterocycles. The normalized spacial score (nSPS) is 10.9. The topological polar surface area (TPSA) is 64.1 Å². The number of amides is 1. The number of nitrogens with one attached hydrogen (secondary N) is 1. The fourth-order valence-corrected chi connectivity index (χ4v) is 0.879. The van der Waals surface area contributed by atoms with Gasteiger partial charge in [-0.2, -0.15) is 0 Å². The van der Waals surface area contributed by atoms with Gasteiger partial charge in [0, 0.05) is 0 Å². The van der Waals surface area contributed by atoms with Crippen molar-refractivity contribution in [1.29, 1.82) is 0 Å². The lowest BCUT2D eigenvalue weighted by molar-refractivity contribution is 0.0636. The minimum atomic E-state index is -0.505. The van der Waals surface area contributed by atoms with Crippen LogP contribution in [0, 0.1) is 6.92 Å². The molecule has 15 heavy (non-hydrogen) atoms. The molecule has 5 heteroatoms.